The highest BCUT2D eigenvalue weighted by Gasteiger charge is 2.06. The van der Waals surface area contributed by atoms with E-state index in [1.165, 1.54) is 0 Å². The first-order chi connectivity index (χ1) is 7.20. The summed E-state index contributed by atoms with van der Waals surface area (Å²) in [4.78, 5) is 8.69. The molecule has 1 rings (SSSR count). The molecule has 78 valence electrons. The minimum absolute atomic E-state index is 0.894. The molecular weight excluding hydrogens is 184 g/mol. The molecule has 15 heavy (non-hydrogen) atoms. The summed E-state index contributed by atoms with van der Waals surface area (Å²) in [6.07, 6.45) is 5.36. The molecule has 0 aliphatic carbocycles. The van der Waals surface area contributed by atoms with E-state index >= 15 is 0 Å². The van der Waals surface area contributed by atoms with Crippen molar-refractivity contribution in [2.75, 3.05) is 0 Å². The van der Waals surface area contributed by atoms with Gasteiger partial charge >= 0.3 is 0 Å². The highest BCUT2D eigenvalue weighted by molar-refractivity contribution is 5.77. The second-order valence-corrected chi connectivity index (χ2v) is 3.38. The molecule has 0 N–H and O–H groups in total. The van der Waals surface area contributed by atoms with Crippen molar-refractivity contribution >= 4 is 18.0 Å². The average molecular weight is 200 g/mol. The van der Waals surface area contributed by atoms with E-state index < -0.39 is 0 Å². The van der Waals surface area contributed by atoms with Crippen molar-refractivity contribution in [2.24, 2.45) is 4.99 Å². The summed E-state index contributed by atoms with van der Waals surface area (Å²) in [5.41, 5.74) is 3.98. The zero-order valence-corrected chi connectivity index (χ0v) is 9.49. The van der Waals surface area contributed by atoms with Crippen LogP contribution in [0.15, 0.2) is 35.5 Å². The second kappa shape index (κ2) is 5.25. The van der Waals surface area contributed by atoms with Crippen LogP contribution >= 0.6 is 0 Å². The van der Waals surface area contributed by atoms with Gasteiger partial charge in [-0.3, -0.25) is 9.98 Å². The van der Waals surface area contributed by atoms with Crippen LogP contribution in [-0.2, 0) is 0 Å². The monoisotopic (exact) mass is 200 g/mol. The Morgan fingerprint density at radius 2 is 2.20 bits per heavy atom. The minimum Gasteiger partial charge on any atom is -0.259 e. The molecule has 0 saturated heterocycles. The van der Waals surface area contributed by atoms with Crippen LogP contribution in [0.2, 0.25) is 0 Å². The van der Waals surface area contributed by atoms with E-state index in [-0.39, 0.29) is 0 Å². The summed E-state index contributed by atoms with van der Waals surface area (Å²) < 4.78 is 0. The van der Waals surface area contributed by atoms with Crippen LogP contribution in [0.25, 0.3) is 11.8 Å². The molecular formula is C13H16N2. The Hall–Kier alpha value is -1.70. The van der Waals surface area contributed by atoms with Crippen molar-refractivity contribution in [3.63, 3.8) is 0 Å². The van der Waals surface area contributed by atoms with E-state index in [1.807, 2.05) is 32.9 Å². The number of rotatable bonds is 3. The number of hydrogen-bond donors (Lipinski definition) is 0. The fraction of sp³-hybridized carbons (Fsp3) is 0.231. The molecule has 0 aliphatic heterocycles. The third-order valence-electron chi connectivity index (χ3n) is 2.01. The third kappa shape index (κ3) is 2.62. The molecule has 2 heteroatoms. The molecule has 2 nitrogen and oxygen atoms in total. The van der Waals surface area contributed by atoms with Gasteiger partial charge in [0.2, 0.25) is 0 Å². The molecule has 0 amide bonds. The van der Waals surface area contributed by atoms with Crippen LogP contribution < -0.4 is 0 Å². The number of aromatic nitrogens is 1. The zero-order valence-electron chi connectivity index (χ0n) is 9.49. The maximum Gasteiger partial charge on any atom is 0.0957 e. The van der Waals surface area contributed by atoms with Gasteiger partial charge < -0.3 is 0 Å². The number of hydrogen-bond acceptors (Lipinski definition) is 2. The maximum absolute atomic E-state index is 4.35. The van der Waals surface area contributed by atoms with Gasteiger partial charge in [-0.25, -0.2) is 0 Å². The molecule has 1 heterocycles. The topological polar surface area (TPSA) is 25.2 Å². The molecule has 0 fully saturated rings. The van der Waals surface area contributed by atoms with Crippen LogP contribution in [-0.4, -0.2) is 11.2 Å². The number of allylic oxidation sites excluding steroid dienone is 1. The Morgan fingerprint density at radius 1 is 1.47 bits per heavy atom. The van der Waals surface area contributed by atoms with Crippen LogP contribution in [0.5, 0.6) is 0 Å². The standard InChI is InChI=1S/C13H16N2/c1-5-11-8-7-9-15-13(11)12(10(3)4)14-6-2/h5-9H,1H2,2-4H3. The van der Waals surface area contributed by atoms with Crippen molar-refractivity contribution in [3.8, 4) is 0 Å². The molecule has 0 aromatic carbocycles. The first-order valence-corrected chi connectivity index (χ1v) is 4.94. The Morgan fingerprint density at radius 3 is 2.73 bits per heavy atom. The lowest BCUT2D eigenvalue weighted by Crippen LogP contribution is -1.93. The van der Waals surface area contributed by atoms with Crippen LogP contribution in [0.3, 0.4) is 0 Å². The van der Waals surface area contributed by atoms with Gasteiger partial charge in [0.15, 0.2) is 0 Å². The predicted octanol–water partition coefficient (Wildman–Crippen LogP) is 3.57. The Bertz CT molecular complexity index is 410. The summed E-state index contributed by atoms with van der Waals surface area (Å²) in [5, 5.41) is 0. The average Bonchev–Trinajstić information content (AvgIpc) is 2.25. The quantitative estimate of drug-likeness (QED) is 0.685. The normalized spacial score (nSPS) is 10.3. The van der Waals surface area contributed by atoms with Crippen LogP contribution in [0.4, 0.5) is 0 Å². The van der Waals surface area contributed by atoms with E-state index in [2.05, 4.69) is 16.6 Å². The van der Waals surface area contributed by atoms with E-state index in [0.29, 0.717) is 0 Å². The first-order valence-electron chi connectivity index (χ1n) is 4.94. The molecule has 0 spiro atoms. The van der Waals surface area contributed by atoms with Crippen molar-refractivity contribution < 1.29 is 0 Å². The van der Waals surface area contributed by atoms with E-state index in [9.17, 15) is 0 Å². The summed E-state index contributed by atoms with van der Waals surface area (Å²) in [7, 11) is 0. The zero-order chi connectivity index (χ0) is 11.3. The van der Waals surface area contributed by atoms with Gasteiger partial charge in [-0.05, 0) is 32.4 Å². The highest BCUT2D eigenvalue weighted by atomic mass is 14.8. The lowest BCUT2D eigenvalue weighted by atomic mass is 10.1. The first kappa shape index (κ1) is 11.4. The van der Waals surface area contributed by atoms with Crippen molar-refractivity contribution in [1.82, 2.24) is 4.98 Å². The summed E-state index contributed by atoms with van der Waals surface area (Å²) in [6.45, 7) is 9.74. The van der Waals surface area contributed by atoms with Gasteiger partial charge in [0.05, 0.1) is 11.4 Å². The number of nitrogens with zero attached hydrogens (tertiary/aromatic N) is 2. The van der Waals surface area contributed by atoms with Gasteiger partial charge in [0, 0.05) is 18.0 Å². The third-order valence-corrected chi connectivity index (χ3v) is 2.01. The summed E-state index contributed by atoms with van der Waals surface area (Å²) in [5.74, 6) is 0. The molecule has 0 bridgehead atoms. The van der Waals surface area contributed by atoms with Gasteiger partial charge in [-0.1, -0.05) is 18.7 Å². The van der Waals surface area contributed by atoms with Crippen LogP contribution in [0.1, 0.15) is 32.0 Å². The smallest absolute Gasteiger partial charge is 0.0957 e. The lowest BCUT2D eigenvalue weighted by Gasteiger charge is -2.06. The van der Waals surface area contributed by atoms with Gasteiger partial charge in [-0.2, -0.15) is 0 Å². The van der Waals surface area contributed by atoms with Crippen molar-refractivity contribution in [3.05, 3.63) is 41.7 Å². The fourth-order valence-electron chi connectivity index (χ4n) is 1.34. The Kier molecular flexibility index (Phi) is 3.98. The van der Waals surface area contributed by atoms with Crippen molar-refractivity contribution in [1.29, 1.82) is 0 Å². The summed E-state index contributed by atoms with van der Waals surface area (Å²) in [6, 6.07) is 3.89. The molecule has 0 saturated carbocycles. The van der Waals surface area contributed by atoms with E-state index in [1.54, 1.807) is 18.5 Å². The molecule has 1 aromatic heterocycles. The molecule has 0 unspecified atom stereocenters. The highest BCUT2D eigenvalue weighted by Crippen LogP contribution is 2.21. The Labute approximate surface area is 91.1 Å². The largest absolute Gasteiger partial charge is 0.259 e. The number of aliphatic imine (C=N–C) groups is 1. The molecule has 0 radical (unpaired) electrons. The Balaban J connectivity index is 3.36. The van der Waals surface area contributed by atoms with Crippen LogP contribution in [0, 0.1) is 0 Å². The predicted molar refractivity (Wildman–Crippen MR) is 66.8 cm³/mol. The van der Waals surface area contributed by atoms with Gasteiger partial charge in [0.25, 0.3) is 0 Å². The maximum atomic E-state index is 4.35. The fourth-order valence-corrected chi connectivity index (χ4v) is 1.34. The molecule has 0 atom stereocenters. The van der Waals surface area contributed by atoms with E-state index in [4.69, 9.17) is 0 Å². The van der Waals surface area contributed by atoms with Crippen molar-refractivity contribution in [2.45, 2.75) is 20.8 Å². The van der Waals surface area contributed by atoms with Gasteiger partial charge in [-0.15, -0.1) is 0 Å². The second-order valence-electron chi connectivity index (χ2n) is 3.38. The van der Waals surface area contributed by atoms with E-state index in [0.717, 1.165) is 22.5 Å². The lowest BCUT2D eigenvalue weighted by molar-refractivity contribution is 1.22. The summed E-state index contributed by atoms with van der Waals surface area (Å²) >= 11 is 0. The minimum atomic E-state index is 0.894. The van der Waals surface area contributed by atoms with Gasteiger partial charge in [0.1, 0.15) is 0 Å². The molecule has 1 aromatic rings. The molecule has 0 aliphatic rings. The number of pyridine rings is 1. The SMILES string of the molecule is C=Cc1cccnc1C(N=CC)=C(C)C.